The van der Waals surface area contributed by atoms with E-state index < -0.39 is 5.60 Å². The lowest BCUT2D eigenvalue weighted by Crippen LogP contribution is -2.49. The van der Waals surface area contributed by atoms with Gasteiger partial charge in [0.15, 0.2) is 0 Å². The topological polar surface area (TPSA) is 49.8 Å². The highest BCUT2D eigenvalue weighted by atomic mass is 16.5. The zero-order valence-corrected chi connectivity index (χ0v) is 11.1. The number of anilines is 1. The Bertz CT molecular complexity index is 468. The first kappa shape index (κ1) is 12.9. The van der Waals surface area contributed by atoms with Gasteiger partial charge in [0.2, 0.25) is 5.91 Å². The Kier molecular flexibility index (Phi) is 3.30. The van der Waals surface area contributed by atoms with Gasteiger partial charge < -0.3 is 14.7 Å². The highest BCUT2D eigenvalue weighted by Gasteiger charge is 2.34. The molecule has 0 saturated carbocycles. The molecule has 98 valence electrons. The van der Waals surface area contributed by atoms with E-state index in [4.69, 9.17) is 9.84 Å². The summed E-state index contributed by atoms with van der Waals surface area (Å²) in [7, 11) is 0. The molecule has 1 aromatic carbocycles. The Labute approximate surface area is 107 Å². The van der Waals surface area contributed by atoms with Crippen LogP contribution in [0, 0.1) is 6.92 Å². The zero-order chi connectivity index (χ0) is 13.3. The number of aryl methyl sites for hydroxylation is 1. The highest BCUT2D eigenvalue weighted by molar-refractivity contribution is 5.95. The van der Waals surface area contributed by atoms with Gasteiger partial charge >= 0.3 is 0 Å². The van der Waals surface area contributed by atoms with Crippen molar-refractivity contribution in [1.82, 2.24) is 0 Å². The van der Waals surface area contributed by atoms with Gasteiger partial charge in [0, 0.05) is 0 Å². The molecule has 0 unspecified atom stereocenters. The average molecular weight is 249 g/mol. The van der Waals surface area contributed by atoms with Crippen molar-refractivity contribution < 1.29 is 14.6 Å². The van der Waals surface area contributed by atoms with Crippen LogP contribution in [0.2, 0.25) is 0 Å². The molecular formula is C14H19NO3. The Morgan fingerprint density at radius 3 is 2.89 bits per heavy atom. The van der Waals surface area contributed by atoms with Gasteiger partial charge in [-0.15, -0.1) is 0 Å². The highest BCUT2D eigenvalue weighted by Crippen LogP contribution is 2.37. The lowest BCUT2D eigenvalue weighted by Gasteiger charge is -2.39. The van der Waals surface area contributed by atoms with Crippen molar-refractivity contribution in [1.29, 1.82) is 0 Å². The van der Waals surface area contributed by atoms with E-state index in [1.54, 1.807) is 4.90 Å². The number of benzene rings is 1. The van der Waals surface area contributed by atoms with Crippen molar-refractivity contribution in [3.63, 3.8) is 0 Å². The van der Waals surface area contributed by atoms with Crippen LogP contribution in [-0.4, -0.2) is 29.8 Å². The number of nitrogens with zero attached hydrogens (tertiary/aromatic N) is 1. The van der Waals surface area contributed by atoms with Gasteiger partial charge in [-0.05, 0) is 38.5 Å². The van der Waals surface area contributed by atoms with Crippen molar-refractivity contribution in [2.24, 2.45) is 0 Å². The third-order valence-corrected chi connectivity index (χ3v) is 2.96. The van der Waals surface area contributed by atoms with Gasteiger partial charge in [-0.3, -0.25) is 4.79 Å². The Balaban J connectivity index is 2.41. The summed E-state index contributed by atoms with van der Waals surface area (Å²) in [4.78, 5) is 13.8. The maximum absolute atomic E-state index is 12.1. The minimum atomic E-state index is -0.409. The smallest absolute Gasteiger partial charge is 0.229 e. The SMILES string of the molecule is Cc1ccc2c(c1)N(C(=O)CCO)CC(C)(C)O2. The average Bonchev–Trinajstić information content (AvgIpc) is 2.28. The van der Waals surface area contributed by atoms with Crippen molar-refractivity contribution in [2.75, 3.05) is 18.1 Å². The fourth-order valence-electron chi connectivity index (χ4n) is 2.17. The quantitative estimate of drug-likeness (QED) is 0.870. The van der Waals surface area contributed by atoms with E-state index in [1.165, 1.54) is 0 Å². The van der Waals surface area contributed by atoms with E-state index >= 15 is 0 Å². The fraction of sp³-hybridized carbons (Fsp3) is 0.500. The second kappa shape index (κ2) is 4.61. The predicted octanol–water partition coefficient (Wildman–Crippen LogP) is 1.88. The van der Waals surface area contributed by atoms with Crippen molar-refractivity contribution in [3.8, 4) is 5.75 Å². The zero-order valence-electron chi connectivity index (χ0n) is 11.1. The number of hydrogen-bond donors (Lipinski definition) is 1. The van der Waals surface area contributed by atoms with E-state index in [1.807, 2.05) is 39.0 Å². The molecule has 1 amide bonds. The third kappa shape index (κ3) is 2.48. The van der Waals surface area contributed by atoms with Crippen LogP contribution in [0.15, 0.2) is 18.2 Å². The monoisotopic (exact) mass is 249 g/mol. The van der Waals surface area contributed by atoms with Crippen LogP contribution in [0.1, 0.15) is 25.8 Å². The fourth-order valence-corrected chi connectivity index (χ4v) is 2.17. The standard InChI is InChI=1S/C14H19NO3/c1-10-4-5-12-11(8-10)15(13(17)6-7-16)9-14(2,3)18-12/h4-5,8,16H,6-7,9H2,1-3H3. The molecule has 1 aliphatic heterocycles. The molecule has 1 N–H and O–H groups in total. The molecule has 0 aromatic heterocycles. The first-order chi connectivity index (χ1) is 8.43. The number of rotatable bonds is 2. The number of carbonyl (C=O) groups excluding carboxylic acids is 1. The normalized spacial score (nSPS) is 17.0. The summed E-state index contributed by atoms with van der Waals surface area (Å²) in [6.45, 7) is 6.26. The van der Waals surface area contributed by atoms with Crippen LogP contribution >= 0.6 is 0 Å². The molecule has 0 atom stereocenters. The van der Waals surface area contributed by atoms with E-state index in [0.717, 1.165) is 17.0 Å². The summed E-state index contributed by atoms with van der Waals surface area (Å²) in [5.74, 6) is 0.656. The van der Waals surface area contributed by atoms with Crippen LogP contribution in [0.25, 0.3) is 0 Å². The number of aliphatic hydroxyl groups excluding tert-OH is 1. The van der Waals surface area contributed by atoms with Crippen LogP contribution < -0.4 is 9.64 Å². The molecule has 1 aliphatic rings. The number of fused-ring (bicyclic) bond motifs is 1. The number of aliphatic hydroxyl groups is 1. The number of hydrogen-bond acceptors (Lipinski definition) is 3. The largest absolute Gasteiger partial charge is 0.484 e. The predicted molar refractivity (Wildman–Crippen MR) is 69.9 cm³/mol. The Morgan fingerprint density at radius 1 is 1.50 bits per heavy atom. The number of carbonyl (C=O) groups is 1. The summed E-state index contributed by atoms with van der Waals surface area (Å²) < 4.78 is 5.88. The summed E-state index contributed by atoms with van der Waals surface area (Å²) in [6, 6.07) is 5.81. The minimum absolute atomic E-state index is 0.0688. The van der Waals surface area contributed by atoms with E-state index in [-0.39, 0.29) is 18.9 Å². The first-order valence-electron chi connectivity index (χ1n) is 6.14. The maximum Gasteiger partial charge on any atom is 0.229 e. The van der Waals surface area contributed by atoms with Crippen LogP contribution in [0.4, 0.5) is 5.69 Å². The molecule has 18 heavy (non-hydrogen) atoms. The van der Waals surface area contributed by atoms with Crippen LogP contribution in [-0.2, 0) is 4.79 Å². The van der Waals surface area contributed by atoms with Gasteiger partial charge in [0.1, 0.15) is 11.4 Å². The molecule has 1 aromatic rings. The summed E-state index contributed by atoms with van der Waals surface area (Å²) in [6.07, 6.45) is 0.142. The Morgan fingerprint density at radius 2 is 2.22 bits per heavy atom. The molecule has 1 heterocycles. The molecule has 4 heteroatoms. The van der Waals surface area contributed by atoms with Crippen molar-refractivity contribution in [3.05, 3.63) is 23.8 Å². The molecule has 0 bridgehead atoms. The second-order valence-electron chi connectivity index (χ2n) is 5.29. The number of ether oxygens (including phenoxy) is 1. The molecule has 0 saturated heterocycles. The second-order valence-corrected chi connectivity index (χ2v) is 5.29. The van der Waals surface area contributed by atoms with Crippen molar-refractivity contribution >= 4 is 11.6 Å². The lowest BCUT2D eigenvalue weighted by molar-refractivity contribution is -0.120. The maximum atomic E-state index is 12.1. The molecule has 0 spiro atoms. The minimum Gasteiger partial charge on any atom is -0.484 e. The van der Waals surface area contributed by atoms with Gasteiger partial charge in [0.05, 0.1) is 25.3 Å². The molecule has 0 fully saturated rings. The lowest BCUT2D eigenvalue weighted by atomic mass is 10.0. The first-order valence-corrected chi connectivity index (χ1v) is 6.14. The van der Waals surface area contributed by atoms with Gasteiger partial charge in [-0.2, -0.15) is 0 Å². The molecule has 0 radical (unpaired) electrons. The van der Waals surface area contributed by atoms with E-state index in [2.05, 4.69) is 0 Å². The van der Waals surface area contributed by atoms with Crippen LogP contribution in [0.5, 0.6) is 5.75 Å². The Hall–Kier alpha value is -1.55. The summed E-state index contributed by atoms with van der Waals surface area (Å²) in [5.41, 5.74) is 1.47. The van der Waals surface area contributed by atoms with E-state index in [0.29, 0.717) is 6.54 Å². The summed E-state index contributed by atoms with van der Waals surface area (Å²) in [5, 5.41) is 8.92. The van der Waals surface area contributed by atoms with E-state index in [9.17, 15) is 4.79 Å². The van der Waals surface area contributed by atoms with Gasteiger partial charge in [0.25, 0.3) is 0 Å². The van der Waals surface area contributed by atoms with Gasteiger partial charge in [-0.1, -0.05) is 6.07 Å². The summed E-state index contributed by atoms with van der Waals surface area (Å²) >= 11 is 0. The molecule has 2 rings (SSSR count). The molecule has 4 nitrogen and oxygen atoms in total. The van der Waals surface area contributed by atoms with Crippen LogP contribution in [0.3, 0.4) is 0 Å². The molecular weight excluding hydrogens is 230 g/mol. The van der Waals surface area contributed by atoms with Crippen molar-refractivity contribution in [2.45, 2.75) is 32.8 Å². The number of amides is 1. The van der Waals surface area contributed by atoms with Gasteiger partial charge in [-0.25, -0.2) is 0 Å². The third-order valence-electron chi connectivity index (χ3n) is 2.96. The molecule has 0 aliphatic carbocycles.